The third-order valence-electron chi connectivity index (χ3n) is 1.73. The van der Waals surface area contributed by atoms with E-state index in [9.17, 15) is 10.1 Å². The number of para-hydroxylation sites is 1. The van der Waals surface area contributed by atoms with Gasteiger partial charge in [-0.1, -0.05) is 12.1 Å². The summed E-state index contributed by atoms with van der Waals surface area (Å²) in [4.78, 5) is 11.0. The Bertz CT molecular complexity index is 341. The molecule has 14 heavy (non-hydrogen) atoms. The molecule has 1 rings (SSSR count). The summed E-state index contributed by atoms with van der Waals surface area (Å²) >= 11 is 1.30. The van der Waals surface area contributed by atoms with Crippen LogP contribution in [0.2, 0.25) is 0 Å². The summed E-state index contributed by atoms with van der Waals surface area (Å²) in [5.41, 5.74) is 0.795. The molecule has 0 unspecified atom stereocenters. The van der Waals surface area contributed by atoms with Gasteiger partial charge in [0.1, 0.15) is 0 Å². The molecule has 0 radical (unpaired) electrons. The summed E-state index contributed by atoms with van der Waals surface area (Å²) in [6.07, 6.45) is 0. The first-order chi connectivity index (χ1) is 6.66. The highest BCUT2D eigenvalue weighted by atomic mass is 32.2. The first-order valence-electron chi connectivity index (χ1n) is 4.14. The normalized spacial score (nSPS) is 10.1. The number of nitrogens with zero attached hydrogens (tertiary/aromatic N) is 1. The minimum atomic E-state index is -0.380. The summed E-state index contributed by atoms with van der Waals surface area (Å²) in [5.74, 6) is 0.476. The number of aryl methyl sites for hydroxylation is 1. The lowest BCUT2D eigenvalue weighted by molar-refractivity contribution is -0.388. The Kier molecular flexibility index (Phi) is 3.91. The van der Waals surface area contributed by atoms with Gasteiger partial charge in [0.2, 0.25) is 0 Å². The van der Waals surface area contributed by atoms with Crippen molar-refractivity contribution in [1.29, 1.82) is 0 Å². The molecule has 5 heteroatoms. The second kappa shape index (κ2) is 4.97. The van der Waals surface area contributed by atoms with E-state index >= 15 is 0 Å². The zero-order chi connectivity index (χ0) is 10.6. The van der Waals surface area contributed by atoms with E-state index in [1.54, 1.807) is 25.1 Å². The van der Waals surface area contributed by atoms with Crippen LogP contribution in [-0.2, 0) is 0 Å². The van der Waals surface area contributed by atoms with Gasteiger partial charge in [-0.3, -0.25) is 10.1 Å². The fourth-order valence-electron chi connectivity index (χ4n) is 1.14. The van der Waals surface area contributed by atoms with E-state index < -0.39 is 0 Å². The Balaban J connectivity index is 3.02. The zero-order valence-electron chi connectivity index (χ0n) is 7.77. The third kappa shape index (κ3) is 2.46. The molecule has 0 heterocycles. The van der Waals surface area contributed by atoms with Crippen molar-refractivity contribution in [3.8, 4) is 0 Å². The van der Waals surface area contributed by atoms with Crippen molar-refractivity contribution in [3.05, 3.63) is 33.9 Å². The minimum absolute atomic E-state index is 0.0236. The fourth-order valence-corrected chi connectivity index (χ4v) is 2.00. The summed E-state index contributed by atoms with van der Waals surface area (Å²) in [6.45, 7) is 1.73. The topological polar surface area (TPSA) is 63.4 Å². The Morgan fingerprint density at radius 2 is 2.29 bits per heavy atom. The van der Waals surface area contributed by atoms with E-state index in [0.717, 1.165) is 0 Å². The van der Waals surface area contributed by atoms with Crippen molar-refractivity contribution < 1.29 is 10.0 Å². The standard InChI is InChI=1S/C9H11NO3S/c1-7-3-2-4-8(14-6-5-11)9(7)10(12)13/h2-4,11H,5-6H2,1H3. The molecular formula is C9H11NO3S. The van der Waals surface area contributed by atoms with Gasteiger partial charge in [0.25, 0.3) is 5.69 Å². The zero-order valence-corrected chi connectivity index (χ0v) is 8.58. The predicted molar refractivity (Wildman–Crippen MR) is 55.6 cm³/mol. The minimum Gasteiger partial charge on any atom is -0.396 e. The van der Waals surface area contributed by atoms with Crippen LogP contribution in [0.4, 0.5) is 5.69 Å². The van der Waals surface area contributed by atoms with Gasteiger partial charge in [-0.05, 0) is 13.0 Å². The maximum atomic E-state index is 10.7. The van der Waals surface area contributed by atoms with Crippen LogP contribution in [0.3, 0.4) is 0 Å². The molecule has 0 spiro atoms. The van der Waals surface area contributed by atoms with Gasteiger partial charge >= 0.3 is 0 Å². The fraction of sp³-hybridized carbons (Fsp3) is 0.333. The molecule has 0 amide bonds. The quantitative estimate of drug-likeness (QED) is 0.472. The van der Waals surface area contributed by atoms with Gasteiger partial charge < -0.3 is 5.11 Å². The molecule has 1 aromatic rings. The molecular weight excluding hydrogens is 202 g/mol. The lowest BCUT2D eigenvalue weighted by Gasteiger charge is -2.03. The highest BCUT2D eigenvalue weighted by Crippen LogP contribution is 2.31. The molecule has 0 saturated heterocycles. The number of rotatable bonds is 4. The summed E-state index contributed by atoms with van der Waals surface area (Å²) in [5, 5.41) is 19.4. The van der Waals surface area contributed by atoms with Gasteiger partial charge in [-0.15, -0.1) is 11.8 Å². The number of thioether (sulfide) groups is 1. The largest absolute Gasteiger partial charge is 0.396 e. The van der Waals surface area contributed by atoms with Crippen molar-refractivity contribution in [3.63, 3.8) is 0 Å². The molecule has 0 aliphatic carbocycles. The van der Waals surface area contributed by atoms with Crippen LogP contribution in [0.15, 0.2) is 23.1 Å². The van der Waals surface area contributed by atoms with E-state index in [1.165, 1.54) is 11.8 Å². The Morgan fingerprint density at radius 1 is 1.57 bits per heavy atom. The van der Waals surface area contributed by atoms with Gasteiger partial charge in [0.15, 0.2) is 0 Å². The summed E-state index contributed by atoms with van der Waals surface area (Å²) < 4.78 is 0. The molecule has 0 aliphatic heterocycles. The van der Waals surface area contributed by atoms with Gasteiger partial charge in [0.05, 0.1) is 16.4 Å². The van der Waals surface area contributed by atoms with E-state index in [4.69, 9.17) is 5.11 Å². The predicted octanol–water partition coefficient (Wildman–Crippen LogP) is 1.99. The molecule has 76 valence electrons. The summed E-state index contributed by atoms with van der Waals surface area (Å²) in [6, 6.07) is 5.19. The van der Waals surface area contributed by atoms with E-state index in [0.29, 0.717) is 16.2 Å². The van der Waals surface area contributed by atoms with Crippen LogP contribution >= 0.6 is 11.8 Å². The average molecular weight is 213 g/mol. The highest BCUT2D eigenvalue weighted by molar-refractivity contribution is 7.99. The maximum Gasteiger partial charge on any atom is 0.285 e. The van der Waals surface area contributed by atoms with Gasteiger partial charge in [-0.2, -0.15) is 0 Å². The number of hydrogen-bond donors (Lipinski definition) is 1. The Labute approximate surface area is 86.1 Å². The number of aliphatic hydroxyl groups excluding tert-OH is 1. The van der Waals surface area contributed by atoms with Crippen molar-refractivity contribution in [2.75, 3.05) is 12.4 Å². The van der Waals surface area contributed by atoms with Crippen LogP contribution < -0.4 is 0 Å². The molecule has 0 aromatic heterocycles. The van der Waals surface area contributed by atoms with Crippen molar-refractivity contribution in [2.45, 2.75) is 11.8 Å². The molecule has 0 atom stereocenters. The van der Waals surface area contributed by atoms with Crippen LogP contribution in [0.1, 0.15) is 5.56 Å². The number of hydrogen-bond acceptors (Lipinski definition) is 4. The van der Waals surface area contributed by atoms with E-state index in [1.807, 2.05) is 0 Å². The number of aliphatic hydroxyl groups is 1. The van der Waals surface area contributed by atoms with E-state index in [2.05, 4.69) is 0 Å². The second-order valence-electron chi connectivity index (χ2n) is 2.75. The second-order valence-corrected chi connectivity index (χ2v) is 3.89. The smallest absolute Gasteiger partial charge is 0.285 e. The first-order valence-corrected chi connectivity index (χ1v) is 5.13. The SMILES string of the molecule is Cc1cccc(SCCO)c1[N+](=O)[O-]. The third-order valence-corrected chi connectivity index (χ3v) is 2.76. The monoisotopic (exact) mass is 213 g/mol. The molecule has 4 nitrogen and oxygen atoms in total. The lowest BCUT2D eigenvalue weighted by Crippen LogP contribution is -1.95. The number of benzene rings is 1. The van der Waals surface area contributed by atoms with Gasteiger partial charge in [0, 0.05) is 11.3 Å². The molecule has 1 aromatic carbocycles. The summed E-state index contributed by atoms with van der Waals surface area (Å²) in [7, 11) is 0. The van der Waals surface area contributed by atoms with Crippen molar-refractivity contribution >= 4 is 17.4 Å². The Hall–Kier alpha value is -1.07. The Morgan fingerprint density at radius 3 is 2.86 bits per heavy atom. The molecule has 0 saturated carbocycles. The number of nitro benzene ring substituents is 1. The molecule has 0 fully saturated rings. The molecule has 0 aliphatic rings. The molecule has 1 N–H and O–H groups in total. The number of nitro groups is 1. The average Bonchev–Trinajstić information content (AvgIpc) is 2.14. The highest BCUT2D eigenvalue weighted by Gasteiger charge is 2.16. The van der Waals surface area contributed by atoms with Crippen LogP contribution in [-0.4, -0.2) is 22.4 Å². The first kappa shape index (κ1) is 11.0. The molecule has 0 bridgehead atoms. The van der Waals surface area contributed by atoms with Crippen molar-refractivity contribution in [2.24, 2.45) is 0 Å². The van der Waals surface area contributed by atoms with Gasteiger partial charge in [-0.25, -0.2) is 0 Å². The van der Waals surface area contributed by atoms with Crippen LogP contribution in [0, 0.1) is 17.0 Å². The van der Waals surface area contributed by atoms with Crippen LogP contribution in [0.5, 0.6) is 0 Å². The van der Waals surface area contributed by atoms with Crippen molar-refractivity contribution in [1.82, 2.24) is 0 Å². The lowest BCUT2D eigenvalue weighted by atomic mass is 10.2. The maximum absolute atomic E-state index is 10.7. The van der Waals surface area contributed by atoms with E-state index in [-0.39, 0.29) is 17.2 Å². The van der Waals surface area contributed by atoms with Crippen LogP contribution in [0.25, 0.3) is 0 Å².